The number of rotatable bonds is 7. The molecule has 0 radical (unpaired) electrons. The fourth-order valence-corrected chi connectivity index (χ4v) is 3.98. The molecule has 3 aromatic rings. The van der Waals surface area contributed by atoms with E-state index in [2.05, 4.69) is 15.5 Å². The standard InChI is InChI=1S/C22H23ClF3N5OS/c1-13(30(3)4)19-28-29-21(31(19)16-11-9-15(23)10-12-16)33-14(2)20(32)27-18-8-6-5-7-17(18)22(24,25)26/h5-14H,1-4H3,(H,27,32). The number of para-hydroxylation sites is 1. The summed E-state index contributed by atoms with van der Waals surface area (Å²) in [5.74, 6) is 0.0735. The smallest absolute Gasteiger partial charge is 0.325 e. The Bertz CT molecular complexity index is 1120. The van der Waals surface area contributed by atoms with Crippen LogP contribution in [0.25, 0.3) is 5.69 Å². The van der Waals surface area contributed by atoms with Crippen LogP contribution in [0.15, 0.2) is 53.7 Å². The number of anilines is 1. The predicted molar refractivity (Wildman–Crippen MR) is 124 cm³/mol. The van der Waals surface area contributed by atoms with Crippen molar-refractivity contribution >= 4 is 35.0 Å². The van der Waals surface area contributed by atoms with E-state index >= 15 is 0 Å². The number of nitrogens with zero attached hydrogens (tertiary/aromatic N) is 4. The van der Waals surface area contributed by atoms with Crippen molar-refractivity contribution in [1.82, 2.24) is 19.7 Å². The third-order valence-electron chi connectivity index (χ3n) is 5.03. The van der Waals surface area contributed by atoms with Crippen LogP contribution in [-0.4, -0.2) is 44.9 Å². The number of hydrogen-bond acceptors (Lipinski definition) is 5. The summed E-state index contributed by atoms with van der Waals surface area (Å²) in [5, 5.41) is 11.2. The largest absolute Gasteiger partial charge is 0.418 e. The van der Waals surface area contributed by atoms with Gasteiger partial charge in [-0.2, -0.15) is 13.2 Å². The van der Waals surface area contributed by atoms with Crippen LogP contribution in [0.5, 0.6) is 0 Å². The van der Waals surface area contributed by atoms with Gasteiger partial charge < -0.3 is 5.32 Å². The van der Waals surface area contributed by atoms with E-state index < -0.39 is 22.9 Å². The monoisotopic (exact) mass is 497 g/mol. The van der Waals surface area contributed by atoms with E-state index in [0.717, 1.165) is 23.5 Å². The number of carbonyl (C=O) groups is 1. The van der Waals surface area contributed by atoms with Crippen LogP contribution in [0.4, 0.5) is 18.9 Å². The molecule has 0 aliphatic rings. The molecule has 33 heavy (non-hydrogen) atoms. The molecule has 0 saturated carbocycles. The Labute approximate surface area is 199 Å². The highest BCUT2D eigenvalue weighted by Gasteiger charge is 2.34. The van der Waals surface area contributed by atoms with Gasteiger partial charge in [0.05, 0.1) is 22.5 Å². The molecule has 3 rings (SSSR count). The average Bonchev–Trinajstić information content (AvgIpc) is 3.16. The van der Waals surface area contributed by atoms with Gasteiger partial charge in [0.1, 0.15) is 0 Å². The summed E-state index contributed by atoms with van der Waals surface area (Å²) < 4.78 is 41.6. The molecule has 0 aliphatic heterocycles. The lowest BCUT2D eigenvalue weighted by Crippen LogP contribution is -2.25. The van der Waals surface area contributed by atoms with E-state index in [0.29, 0.717) is 16.0 Å². The topological polar surface area (TPSA) is 63.1 Å². The minimum atomic E-state index is -4.58. The van der Waals surface area contributed by atoms with Gasteiger partial charge in [0, 0.05) is 10.7 Å². The van der Waals surface area contributed by atoms with Gasteiger partial charge >= 0.3 is 6.18 Å². The quantitative estimate of drug-likeness (QED) is 0.425. The van der Waals surface area contributed by atoms with E-state index in [1.807, 2.05) is 42.6 Å². The zero-order chi connectivity index (χ0) is 24.3. The molecular weight excluding hydrogens is 475 g/mol. The highest BCUT2D eigenvalue weighted by molar-refractivity contribution is 8.00. The second-order valence-corrected chi connectivity index (χ2v) is 9.33. The van der Waals surface area contributed by atoms with Crippen LogP contribution in [-0.2, 0) is 11.0 Å². The van der Waals surface area contributed by atoms with Gasteiger partial charge in [-0.1, -0.05) is 35.5 Å². The molecule has 0 bridgehead atoms. The highest BCUT2D eigenvalue weighted by Crippen LogP contribution is 2.35. The molecule has 11 heteroatoms. The molecule has 1 N–H and O–H groups in total. The maximum absolute atomic E-state index is 13.3. The second-order valence-electron chi connectivity index (χ2n) is 7.58. The van der Waals surface area contributed by atoms with E-state index in [1.165, 1.54) is 18.2 Å². The molecule has 6 nitrogen and oxygen atoms in total. The molecule has 2 aromatic carbocycles. The van der Waals surface area contributed by atoms with Crippen LogP contribution in [0, 0.1) is 0 Å². The van der Waals surface area contributed by atoms with Crippen LogP contribution in [0.3, 0.4) is 0 Å². The summed E-state index contributed by atoms with van der Waals surface area (Å²) in [5.41, 5.74) is -0.434. The Kier molecular flexibility index (Phi) is 7.71. The molecule has 0 fully saturated rings. The van der Waals surface area contributed by atoms with Crippen LogP contribution in [0.2, 0.25) is 5.02 Å². The molecule has 1 aromatic heterocycles. The highest BCUT2D eigenvalue weighted by atomic mass is 35.5. The zero-order valence-corrected chi connectivity index (χ0v) is 20.0. The Balaban J connectivity index is 1.89. The minimum absolute atomic E-state index is 0.0923. The first-order valence-corrected chi connectivity index (χ1v) is 11.3. The summed E-state index contributed by atoms with van der Waals surface area (Å²) in [6.07, 6.45) is -4.58. The molecule has 1 amide bonds. The van der Waals surface area contributed by atoms with Crippen LogP contribution >= 0.6 is 23.4 Å². The first-order chi connectivity index (χ1) is 15.5. The lowest BCUT2D eigenvalue weighted by Gasteiger charge is -2.21. The fourth-order valence-electron chi connectivity index (χ4n) is 2.98. The molecule has 0 saturated heterocycles. The van der Waals surface area contributed by atoms with Gasteiger partial charge in [-0.25, -0.2) is 0 Å². The van der Waals surface area contributed by atoms with Gasteiger partial charge in [-0.3, -0.25) is 14.3 Å². The summed E-state index contributed by atoms with van der Waals surface area (Å²) in [6.45, 7) is 3.57. The third-order valence-corrected chi connectivity index (χ3v) is 6.33. The zero-order valence-electron chi connectivity index (χ0n) is 18.4. The molecule has 1 heterocycles. The van der Waals surface area contributed by atoms with Gasteiger partial charge in [0.25, 0.3) is 0 Å². The third kappa shape index (κ3) is 5.87. The summed E-state index contributed by atoms with van der Waals surface area (Å²) in [7, 11) is 3.82. The Hall–Kier alpha value is -2.56. The number of aromatic nitrogens is 3. The molecule has 0 aliphatic carbocycles. The lowest BCUT2D eigenvalue weighted by molar-refractivity contribution is -0.137. The normalized spacial score (nSPS) is 13.7. The first-order valence-electron chi connectivity index (χ1n) is 10.0. The SMILES string of the molecule is CC(Sc1nnc(C(C)N(C)C)n1-c1ccc(Cl)cc1)C(=O)Nc1ccccc1C(F)(F)F. The van der Waals surface area contributed by atoms with Crippen molar-refractivity contribution in [3.8, 4) is 5.69 Å². The fraction of sp³-hybridized carbons (Fsp3) is 0.318. The number of alkyl halides is 3. The number of benzene rings is 2. The second kappa shape index (κ2) is 10.1. The molecular formula is C22H23ClF3N5OS. The van der Waals surface area contributed by atoms with Crippen molar-refractivity contribution in [2.75, 3.05) is 19.4 Å². The number of nitrogens with one attached hydrogen (secondary N) is 1. The van der Waals surface area contributed by atoms with Gasteiger partial charge in [-0.15, -0.1) is 10.2 Å². The first kappa shape index (κ1) is 25.1. The molecule has 176 valence electrons. The van der Waals surface area contributed by atoms with Crippen molar-refractivity contribution < 1.29 is 18.0 Å². The maximum atomic E-state index is 13.3. The predicted octanol–water partition coefficient (Wildman–Crippen LogP) is 5.68. The average molecular weight is 498 g/mol. The van der Waals surface area contributed by atoms with Crippen molar-refractivity contribution in [3.05, 3.63) is 64.9 Å². The maximum Gasteiger partial charge on any atom is 0.418 e. The van der Waals surface area contributed by atoms with Gasteiger partial charge in [-0.05, 0) is 64.3 Å². The van der Waals surface area contributed by atoms with Crippen molar-refractivity contribution in [2.45, 2.75) is 36.5 Å². The summed E-state index contributed by atoms with van der Waals surface area (Å²) >= 11 is 7.13. The van der Waals surface area contributed by atoms with E-state index in [9.17, 15) is 18.0 Å². The molecule has 0 spiro atoms. The van der Waals surface area contributed by atoms with Crippen molar-refractivity contribution in [2.24, 2.45) is 0 Å². The summed E-state index contributed by atoms with van der Waals surface area (Å²) in [6, 6.07) is 11.9. The number of amides is 1. The van der Waals surface area contributed by atoms with Crippen molar-refractivity contribution in [3.63, 3.8) is 0 Å². The number of halogens is 4. The molecule has 2 atom stereocenters. The van der Waals surface area contributed by atoms with Crippen LogP contribution in [0.1, 0.15) is 31.3 Å². The Morgan fingerprint density at radius 3 is 2.33 bits per heavy atom. The summed E-state index contributed by atoms with van der Waals surface area (Å²) in [4.78, 5) is 14.7. The number of thioether (sulfide) groups is 1. The minimum Gasteiger partial charge on any atom is -0.325 e. The number of hydrogen-bond donors (Lipinski definition) is 1. The van der Waals surface area contributed by atoms with Gasteiger partial charge in [0.15, 0.2) is 11.0 Å². The number of carbonyl (C=O) groups excluding carboxylic acids is 1. The Morgan fingerprint density at radius 1 is 1.09 bits per heavy atom. The van der Waals surface area contributed by atoms with E-state index in [-0.39, 0.29) is 11.7 Å². The van der Waals surface area contributed by atoms with Crippen LogP contribution < -0.4 is 5.32 Å². The lowest BCUT2D eigenvalue weighted by atomic mass is 10.1. The van der Waals surface area contributed by atoms with Gasteiger partial charge in [0.2, 0.25) is 5.91 Å². The van der Waals surface area contributed by atoms with Crippen molar-refractivity contribution in [1.29, 1.82) is 0 Å². The Morgan fingerprint density at radius 2 is 1.73 bits per heavy atom. The van der Waals surface area contributed by atoms with E-state index in [4.69, 9.17) is 11.6 Å². The van der Waals surface area contributed by atoms with E-state index in [1.54, 1.807) is 19.1 Å². The molecule has 2 unspecified atom stereocenters.